The van der Waals surface area contributed by atoms with Gasteiger partial charge in [0.25, 0.3) is 0 Å². The molecule has 0 aliphatic rings. The molecule has 2 aromatic carbocycles. The van der Waals surface area contributed by atoms with Crippen molar-refractivity contribution >= 4 is 55.7 Å². The van der Waals surface area contributed by atoms with E-state index in [2.05, 4.69) is 36.5 Å². The molecular weight excluding hydrogens is 500 g/mol. The van der Waals surface area contributed by atoms with Crippen molar-refractivity contribution in [3.8, 4) is 0 Å². The number of benzene rings is 2. The number of ether oxygens (including phenoxy) is 1. The number of hydrogen-bond donors (Lipinski definition) is 3. The van der Waals surface area contributed by atoms with Gasteiger partial charge in [-0.05, 0) is 50.0 Å². The molecule has 1 aromatic heterocycles. The van der Waals surface area contributed by atoms with Gasteiger partial charge < -0.3 is 26.0 Å². The topological polar surface area (TPSA) is 122 Å². The van der Waals surface area contributed by atoms with Gasteiger partial charge in [0.15, 0.2) is 0 Å². The van der Waals surface area contributed by atoms with Gasteiger partial charge in [0.1, 0.15) is 12.1 Å². The Hall–Kier alpha value is -3.34. The number of nitrogens with two attached hydrogens (primary N) is 1. The second-order valence-electron chi connectivity index (χ2n) is 7.72. The number of likely N-dealkylation sites (N-methyl/N-ethyl adjacent to an activating group) is 1. The average Bonchev–Trinajstić information content (AvgIpc) is 2.79. The van der Waals surface area contributed by atoms with Crippen LogP contribution in [0.5, 0.6) is 0 Å². The normalized spacial score (nSPS) is 11.6. The Bertz CT molecular complexity index is 1200. The fraction of sp³-hybridized carbons (Fsp3) is 0.250. The number of primary amides is 1. The van der Waals surface area contributed by atoms with Gasteiger partial charge in [-0.2, -0.15) is 0 Å². The van der Waals surface area contributed by atoms with E-state index >= 15 is 0 Å². The van der Waals surface area contributed by atoms with Crippen LogP contribution in [-0.2, 0) is 14.3 Å². The lowest BCUT2D eigenvalue weighted by Gasteiger charge is -2.11. The van der Waals surface area contributed by atoms with Crippen molar-refractivity contribution in [3.05, 3.63) is 64.9 Å². The summed E-state index contributed by atoms with van der Waals surface area (Å²) in [4.78, 5) is 35.2. The van der Waals surface area contributed by atoms with E-state index in [4.69, 9.17) is 10.5 Å². The highest BCUT2D eigenvalue weighted by molar-refractivity contribution is 9.10. The fourth-order valence-corrected chi connectivity index (χ4v) is 3.50. The molecule has 3 aromatic rings. The van der Waals surface area contributed by atoms with Gasteiger partial charge in [0, 0.05) is 34.7 Å². The molecule has 34 heavy (non-hydrogen) atoms. The summed E-state index contributed by atoms with van der Waals surface area (Å²) < 4.78 is 6.38. The van der Waals surface area contributed by atoms with Crippen LogP contribution in [0.4, 0.5) is 11.5 Å². The predicted molar refractivity (Wildman–Crippen MR) is 137 cm³/mol. The zero-order chi connectivity index (χ0) is 24.5. The summed E-state index contributed by atoms with van der Waals surface area (Å²) in [6, 6.07) is 12.8. The van der Waals surface area contributed by atoms with Gasteiger partial charge in [-0.3, -0.25) is 9.59 Å². The number of halogens is 1. The number of fused-ring (bicyclic) bond motifs is 1. The number of hydrogen-bond acceptors (Lipinski definition) is 7. The molecule has 0 saturated heterocycles. The van der Waals surface area contributed by atoms with E-state index in [0.29, 0.717) is 42.0 Å². The molecule has 0 spiro atoms. The molecule has 0 aliphatic heterocycles. The van der Waals surface area contributed by atoms with Gasteiger partial charge in [-0.1, -0.05) is 28.1 Å². The Morgan fingerprint density at radius 2 is 1.97 bits per heavy atom. The lowest BCUT2D eigenvalue weighted by atomic mass is 10.0. The number of carbonyl (C=O) groups excluding carboxylic acids is 2. The van der Waals surface area contributed by atoms with Gasteiger partial charge in [-0.15, -0.1) is 0 Å². The van der Waals surface area contributed by atoms with E-state index in [1.165, 1.54) is 12.4 Å². The van der Waals surface area contributed by atoms with Crippen LogP contribution >= 0.6 is 15.9 Å². The minimum Gasteiger partial charge on any atom is -0.378 e. The second-order valence-corrected chi connectivity index (χ2v) is 8.63. The lowest BCUT2D eigenvalue weighted by molar-refractivity contribution is -0.117. The summed E-state index contributed by atoms with van der Waals surface area (Å²) in [6.07, 6.45) is 2.66. The number of amides is 2. The summed E-state index contributed by atoms with van der Waals surface area (Å²) in [7, 11) is 3.92. The SMILES string of the molecule is CN(C)CCOCCNC(=O)/C=C(/C(N)=O)c1ccc2ncnc(Nc3cccc(Br)c3)c2c1. The molecule has 0 radical (unpaired) electrons. The van der Waals surface area contributed by atoms with Crippen LogP contribution in [0.15, 0.2) is 59.3 Å². The minimum atomic E-state index is -0.713. The van der Waals surface area contributed by atoms with Crippen molar-refractivity contribution < 1.29 is 14.3 Å². The van der Waals surface area contributed by atoms with Crippen LogP contribution in [0, 0.1) is 0 Å². The summed E-state index contributed by atoms with van der Waals surface area (Å²) in [5, 5.41) is 6.65. The van der Waals surface area contributed by atoms with E-state index < -0.39 is 11.8 Å². The average molecular weight is 527 g/mol. The molecule has 0 aliphatic carbocycles. The molecular formula is C24H27BrN6O3. The number of rotatable bonds is 11. The Kier molecular flexibility index (Phi) is 9.08. The first kappa shape index (κ1) is 25.3. The fourth-order valence-electron chi connectivity index (χ4n) is 3.10. The third-order valence-electron chi connectivity index (χ3n) is 4.80. The van der Waals surface area contributed by atoms with Crippen LogP contribution in [0.3, 0.4) is 0 Å². The molecule has 3 rings (SSSR count). The number of aromatic nitrogens is 2. The van der Waals surface area contributed by atoms with Crippen LogP contribution in [0.25, 0.3) is 16.5 Å². The number of nitrogens with zero attached hydrogens (tertiary/aromatic N) is 3. The molecule has 9 nitrogen and oxygen atoms in total. The van der Waals surface area contributed by atoms with Gasteiger partial charge in [-0.25, -0.2) is 9.97 Å². The van der Waals surface area contributed by atoms with Crippen molar-refractivity contribution in [1.29, 1.82) is 0 Å². The van der Waals surface area contributed by atoms with E-state index in [1.54, 1.807) is 18.2 Å². The molecule has 2 amide bonds. The summed E-state index contributed by atoms with van der Waals surface area (Å²) in [5.74, 6) is -0.579. The zero-order valence-electron chi connectivity index (χ0n) is 19.0. The maximum atomic E-state index is 12.4. The molecule has 10 heteroatoms. The molecule has 0 bridgehead atoms. The number of nitrogens with one attached hydrogen (secondary N) is 2. The summed E-state index contributed by atoms with van der Waals surface area (Å²) >= 11 is 3.45. The first-order valence-corrected chi connectivity index (χ1v) is 11.4. The van der Waals surface area contributed by atoms with Crippen LogP contribution in [0.1, 0.15) is 5.56 Å². The quantitative estimate of drug-likeness (QED) is 0.259. The lowest BCUT2D eigenvalue weighted by Crippen LogP contribution is -2.28. The maximum absolute atomic E-state index is 12.4. The summed E-state index contributed by atoms with van der Waals surface area (Å²) in [6.45, 7) is 2.06. The first-order valence-electron chi connectivity index (χ1n) is 10.6. The Morgan fingerprint density at radius 1 is 1.15 bits per heavy atom. The minimum absolute atomic E-state index is 0.0881. The molecule has 0 fully saturated rings. The number of anilines is 2. The standard InChI is InChI=1S/C24H27BrN6O3/c1-31(2)9-11-34-10-8-27-22(32)14-19(23(26)33)16-6-7-21-20(12-16)24(29-15-28-21)30-18-5-3-4-17(25)13-18/h3-7,12-15H,8-11H2,1-2H3,(H2,26,33)(H,27,32)(H,28,29,30)/b19-14+. The largest absolute Gasteiger partial charge is 0.378 e. The first-order chi connectivity index (χ1) is 16.3. The van der Waals surface area contributed by atoms with E-state index in [1.807, 2.05) is 43.3 Å². The monoisotopic (exact) mass is 526 g/mol. The van der Waals surface area contributed by atoms with Crippen LogP contribution in [0.2, 0.25) is 0 Å². The van der Waals surface area contributed by atoms with Crippen molar-refractivity contribution in [3.63, 3.8) is 0 Å². The van der Waals surface area contributed by atoms with E-state index in [0.717, 1.165) is 16.7 Å². The van der Waals surface area contributed by atoms with E-state index in [9.17, 15) is 9.59 Å². The molecule has 0 saturated carbocycles. The van der Waals surface area contributed by atoms with Gasteiger partial charge in [0.05, 0.1) is 24.3 Å². The van der Waals surface area contributed by atoms with Crippen molar-refractivity contribution in [2.24, 2.45) is 5.73 Å². The third kappa shape index (κ3) is 7.34. The number of carbonyl (C=O) groups is 2. The second kappa shape index (κ2) is 12.2. The Morgan fingerprint density at radius 3 is 2.71 bits per heavy atom. The van der Waals surface area contributed by atoms with Crippen molar-refractivity contribution in [1.82, 2.24) is 20.2 Å². The highest BCUT2D eigenvalue weighted by Gasteiger charge is 2.14. The highest BCUT2D eigenvalue weighted by atomic mass is 79.9. The highest BCUT2D eigenvalue weighted by Crippen LogP contribution is 2.27. The molecule has 0 unspecified atom stereocenters. The zero-order valence-corrected chi connectivity index (χ0v) is 20.6. The maximum Gasteiger partial charge on any atom is 0.249 e. The van der Waals surface area contributed by atoms with Crippen LogP contribution < -0.4 is 16.4 Å². The molecule has 178 valence electrons. The molecule has 4 N–H and O–H groups in total. The van der Waals surface area contributed by atoms with Gasteiger partial charge >= 0.3 is 0 Å². The van der Waals surface area contributed by atoms with Crippen molar-refractivity contribution in [2.75, 3.05) is 45.7 Å². The molecule has 1 heterocycles. The van der Waals surface area contributed by atoms with E-state index in [-0.39, 0.29) is 5.57 Å². The van der Waals surface area contributed by atoms with Crippen LogP contribution in [-0.4, -0.2) is 67.1 Å². The Labute approximate surface area is 206 Å². The van der Waals surface area contributed by atoms with Crippen molar-refractivity contribution in [2.45, 2.75) is 0 Å². The van der Waals surface area contributed by atoms with Gasteiger partial charge in [0.2, 0.25) is 11.8 Å². The summed E-state index contributed by atoms with van der Waals surface area (Å²) in [5.41, 5.74) is 7.68. The smallest absolute Gasteiger partial charge is 0.249 e. The Balaban J connectivity index is 1.78. The predicted octanol–water partition coefficient (Wildman–Crippen LogP) is 2.70. The molecule has 0 atom stereocenters. The third-order valence-corrected chi connectivity index (χ3v) is 5.30.